The molecule has 302 valence electrons. The van der Waals surface area contributed by atoms with Crippen molar-refractivity contribution in [1.82, 2.24) is 20.9 Å². The van der Waals surface area contributed by atoms with Crippen LogP contribution in [0.15, 0.2) is 73.1 Å². The largest absolute Gasteiger partial charge is 0.388 e. The van der Waals surface area contributed by atoms with Crippen LogP contribution in [0.25, 0.3) is 0 Å². The van der Waals surface area contributed by atoms with Crippen molar-refractivity contribution in [3.8, 4) is 0 Å². The number of rotatable bonds is 23. The molecule has 0 aliphatic carbocycles. The number of pyridine rings is 1. The summed E-state index contributed by atoms with van der Waals surface area (Å²) in [5, 5.41) is 18.9. The van der Waals surface area contributed by atoms with E-state index in [4.69, 9.17) is 4.74 Å². The number of benzene rings is 2. The van der Waals surface area contributed by atoms with Crippen molar-refractivity contribution in [2.24, 2.45) is 0 Å². The lowest BCUT2D eigenvalue weighted by Crippen LogP contribution is -2.59. The molecule has 0 saturated carbocycles. The van der Waals surface area contributed by atoms with Gasteiger partial charge in [0.1, 0.15) is 27.8 Å². The number of hydrogen-bond acceptors (Lipinski definition) is 10. The topological polar surface area (TPSA) is 198 Å². The van der Waals surface area contributed by atoms with Crippen molar-refractivity contribution < 1.29 is 45.5 Å². The number of aryl methyl sites for hydroxylation is 1. The number of carbonyl (C=O) groups excluding carboxylic acids is 3. The maximum Gasteiger partial charge on any atom is 0.253 e. The fraction of sp³-hybridized carbons (Fsp3) is 0.487. The fourth-order valence-corrected chi connectivity index (χ4v) is 8.66. The van der Waals surface area contributed by atoms with Crippen LogP contribution in [0.4, 0.5) is 4.39 Å². The van der Waals surface area contributed by atoms with Crippen LogP contribution >= 0.6 is 0 Å². The smallest absolute Gasteiger partial charge is 0.253 e. The van der Waals surface area contributed by atoms with Gasteiger partial charge in [0.15, 0.2) is 15.9 Å². The highest BCUT2D eigenvalue weighted by molar-refractivity contribution is 7.92. The van der Waals surface area contributed by atoms with E-state index in [1.54, 1.807) is 13.0 Å². The van der Waals surface area contributed by atoms with Crippen molar-refractivity contribution in [1.29, 1.82) is 0 Å². The van der Waals surface area contributed by atoms with Gasteiger partial charge >= 0.3 is 0 Å². The number of nitrogens with zero attached hydrogens (tertiary/aromatic N) is 1. The Morgan fingerprint density at radius 2 is 1.60 bits per heavy atom. The van der Waals surface area contributed by atoms with Crippen LogP contribution in [-0.4, -0.2) is 105 Å². The average Bonchev–Trinajstić information content (AvgIpc) is 3.12. The van der Waals surface area contributed by atoms with Crippen molar-refractivity contribution >= 4 is 37.4 Å². The maximum absolute atomic E-state index is 14.6. The van der Waals surface area contributed by atoms with Crippen molar-refractivity contribution in [2.45, 2.75) is 88.8 Å². The van der Waals surface area contributed by atoms with Crippen LogP contribution in [-0.2, 0) is 46.8 Å². The first-order chi connectivity index (χ1) is 26.0. The zero-order valence-electron chi connectivity index (χ0n) is 31.7. The van der Waals surface area contributed by atoms with Gasteiger partial charge in [-0.25, -0.2) is 21.2 Å². The molecule has 3 rings (SSSR count). The molecule has 55 heavy (non-hydrogen) atoms. The number of halogens is 1. The van der Waals surface area contributed by atoms with Crippen LogP contribution in [0.2, 0.25) is 0 Å². The summed E-state index contributed by atoms with van der Waals surface area (Å²) in [6, 6.07) is 13.2. The maximum atomic E-state index is 14.6. The summed E-state index contributed by atoms with van der Waals surface area (Å²) >= 11 is 0. The van der Waals surface area contributed by atoms with E-state index in [1.165, 1.54) is 36.7 Å². The number of aliphatic hydroxyl groups is 1. The molecule has 1 heterocycles. The number of amides is 3. The summed E-state index contributed by atoms with van der Waals surface area (Å²) in [6.07, 6.45) is 2.05. The third-order valence-corrected chi connectivity index (χ3v) is 12.0. The minimum atomic E-state index is -3.98. The Morgan fingerprint density at radius 1 is 0.909 bits per heavy atom. The minimum Gasteiger partial charge on any atom is -0.388 e. The van der Waals surface area contributed by atoms with E-state index in [0.29, 0.717) is 43.2 Å². The third-order valence-electron chi connectivity index (χ3n) is 8.85. The summed E-state index contributed by atoms with van der Waals surface area (Å²) in [4.78, 5) is 45.1. The molecule has 3 amide bonds. The number of sulfone groups is 2. The molecule has 16 heteroatoms. The molecule has 4 N–H and O–H groups in total. The molecule has 4 atom stereocenters. The van der Waals surface area contributed by atoms with Crippen LogP contribution in [0.1, 0.15) is 66.6 Å². The van der Waals surface area contributed by atoms with Crippen molar-refractivity contribution in [2.75, 3.05) is 30.9 Å². The highest BCUT2D eigenvalue weighted by Crippen LogP contribution is 2.19. The quantitative estimate of drug-likeness (QED) is 0.111. The monoisotopic (exact) mass is 804 g/mol. The number of aliphatic hydroxyl groups excluding tert-OH is 1. The zero-order valence-corrected chi connectivity index (χ0v) is 33.4. The van der Waals surface area contributed by atoms with E-state index in [0.717, 1.165) is 11.8 Å². The first-order valence-corrected chi connectivity index (χ1v) is 22.1. The Labute approximate surface area is 323 Å². The van der Waals surface area contributed by atoms with E-state index < -0.39 is 90.9 Å². The normalized spacial score (nSPS) is 14.1. The molecule has 0 saturated heterocycles. The minimum absolute atomic E-state index is 0.0645. The van der Waals surface area contributed by atoms with Crippen LogP contribution in [0, 0.1) is 12.7 Å². The Balaban J connectivity index is 2.02. The Kier molecular flexibility index (Phi) is 17.8. The van der Waals surface area contributed by atoms with Gasteiger partial charge in [-0.2, -0.15) is 0 Å². The van der Waals surface area contributed by atoms with Crippen LogP contribution in [0.3, 0.4) is 0 Å². The molecule has 0 aliphatic heterocycles. The van der Waals surface area contributed by atoms with Gasteiger partial charge < -0.3 is 25.8 Å². The van der Waals surface area contributed by atoms with Gasteiger partial charge in [0.05, 0.1) is 35.0 Å². The zero-order chi connectivity index (χ0) is 40.6. The Bertz CT molecular complexity index is 1890. The second-order valence-electron chi connectivity index (χ2n) is 13.7. The molecule has 3 aromatic rings. The number of ether oxygens (including phenoxy) is 1. The van der Waals surface area contributed by atoms with Gasteiger partial charge in [0.25, 0.3) is 11.8 Å². The van der Waals surface area contributed by atoms with Gasteiger partial charge in [0.2, 0.25) is 5.91 Å². The van der Waals surface area contributed by atoms with Crippen molar-refractivity contribution in [3.05, 3.63) is 101 Å². The second kappa shape index (κ2) is 21.7. The first-order valence-electron chi connectivity index (χ1n) is 18.3. The molecule has 0 bridgehead atoms. The van der Waals surface area contributed by atoms with E-state index in [1.807, 2.05) is 44.2 Å². The van der Waals surface area contributed by atoms with Crippen LogP contribution < -0.4 is 16.0 Å². The molecule has 0 radical (unpaired) electrons. The SMILES string of the molecule is CCCC(CCC)S(=O)(=O)CC(NC(=O)c1cccnc1)C(=O)N[C@@H](Cc1cc(C)cc(F)c1)[C@@H](O)[C@@H](OCCS(C)(=O)=O)C(=O)NCCc1ccccc1. The molecule has 1 unspecified atom stereocenters. The Hall–Kier alpha value is -4.25. The summed E-state index contributed by atoms with van der Waals surface area (Å²) in [6.45, 7) is 4.98. The average molecular weight is 805 g/mol. The molecule has 0 aliphatic rings. The molecular formula is C39H53FN4O9S2. The number of aromatic nitrogens is 1. The Morgan fingerprint density at radius 3 is 2.20 bits per heavy atom. The summed E-state index contributed by atoms with van der Waals surface area (Å²) in [5.41, 5.74) is 1.82. The van der Waals surface area contributed by atoms with Crippen molar-refractivity contribution in [3.63, 3.8) is 0 Å². The fourth-order valence-electron chi connectivity index (χ4n) is 6.10. The first kappa shape index (κ1) is 45.1. The summed E-state index contributed by atoms with van der Waals surface area (Å²) in [7, 11) is -7.53. The molecule has 2 aromatic carbocycles. The molecular weight excluding hydrogens is 752 g/mol. The summed E-state index contributed by atoms with van der Waals surface area (Å²) < 4.78 is 71.7. The molecule has 0 fully saturated rings. The van der Waals surface area contributed by atoms with E-state index >= 15 is 0 Å². The van der Waals surface area contributed by atoms with E-state index in [-0.39, 0.29) is 18.5 Å². The third kappa shape index (κ3) is 15.4. The number of hydrogen-bond donors (Lipinski definition) is 4. The predicted octanol–water partition coefficient (Wildman–Crippen LogP) is 2.89. The van der Waals surface area contributed by atoms with Gasteiger partial charge in [-0.05, 0) is 73.6 Å². The van der Waals surface area contributed by atoms with Gasteiger partial charge in [-0.15, -0.1) is 0 Å². The highest BCUT2D eigenvalue weighted by atomic mass is 32.2. The van der Waals surface area contributed by atoms with Crippen LogP contribution in [0.5, 0.6) is 0 Å². The number of nitrogens with one attached hydrogen (secondary N) is 3. The highest BCUT2D eigenvalue weighted by Gasteiger charge is 2.38. The van der Waals surface area contributed by atoms with Gasteiger partial charge in [0, 0.05) is 25.2 Å². The summed E-state index contributed by atoms with van der Waals surface area (Å²) in [5.74, 6) is -4.43. The lowest BCUT2D eigenvalue weighted by Gasteiger charge is -2.31. The lowest BCUT2D eigenvalue weighted by molar-refractivity contribution is -0.143. The number of carbonyl (C=O) groups is 3. The lowest BCUT2D eigenvalue weighted by atomic mass is 9.95. The molecule has 0 spiro atoms. The van der Waals surface area contributed by atoms with Gasteiger partial charge in [-0.1, -0.05) is 63.1 Å². The van der Waals surface area contributed by atoms with E-state index in [9.17, 15) is 40.7 Å². The molecule has 13 nitrogen and oxygen atoms in total. The predicted molar refractivity (Wildman–Crippen MR) is 208 cm³/mol. The standard InChI is InChI=1S/C39H53FN4O9S2/c1-5-11-32(12-6-2)55(51,52)26-34(44-37(46)30-15-10-17-41-25-30)38(47)43-33(24-29-21-27(3)22-31(40)23-29)35(45)36(53-19-20-54(4,49)50)39(48)42-18-16-28-13-8-7-9-14-28/h7-10,13-15,17,21-23,25,32-36,45H,5-6,11-12,16,18-20,24,26H2,1-4H3,(H,42,48)(H,43,47)(H,44,46)/t33-,34?,35+,36+/m0/s1. The second-order valence-corrected chi connectivity index (χ2v) is 18.3. The van der Waals surface area contributed by atoms with E-state index in [2.05, 4.69) is 20.9 Å². The van der Waals surface area contributed by atoms with Gasteiger partial charge in [-0.3, -0.25) is 19.4 Å². The molecule has 1 aromatic heterocycles.